The molecule has 10 nitrogen and oxygen atoms in total. The molecule has 0 spiro atoms. The molecule has 2 amide bonds. The number of amides is 2. The molecule has 4 aromatic rings. The van der Waals surface area contributed by atoms with E-state index >= 15 is 0 Å². The van der Waals surface area contributed by atoms with Crippen molar-refractivity contribution >= 4 is 40.7 Å². The zero-order valence-electron chi connectivity index (χ0n) is 27.1. The number of carbonyl (C=O) groups is 2. The van der Waals surface area contributed by atoms with E-state index in [1.165, 1.54) is 0 Å². The Morgan fingerprint density at radius 2 is 1.62 bits per heavy atom. The van der Waals surface area contributed by atoms with Gasteiger partial charge in [0.05, 0.1) is 34.2 Å². The molecule has 2 aliphatic rings. The molecule has 2 aromatic heterocycles. The topological polar surface area (TPSA) is 95.8 Å². The number of nitrogens with zero attached hydrogens (tertiary/aromatic N) is 6. The number of nitrogens with one attached hydrogen (secondary N) is 1. The zero-order valence-corrected chi connectivity index (χ0v) is 28.7. The van der Waals surface area contributed by atoms with Gasteiger partial charge in [-0.15, -0.1) is 0 Å². The molecule has 6 rings (SSSR count). The number of rotatable bonds is 8. The lowest BCUT2D eigenvalue weighted by Crippen LogP contribution is -2.47. The summed E-state index contributed by atoms with van der Waals surface area (Å²) in [6, 6.07) is 15.2. The van der Waals surface area contributed by atoms with Gasteiger partial charge in [-0.3, -0.25) is 14.5 Å². The highest BCUT2D eigenvalue weighted by atomic mass is 35.5. The van der Waals surface area contributed by atoms with Gasteiger partial charge < -0.3 is 24.4 Å². The Morgan fingerprint density at radius 3 is 2.32 bits per heavy atom. The maximum absolute atomic E-state index is 13.5. The SMILES string of the molecule is CCn1c(C(=O)Nc2cccc(-c3cccc(-c4ccc(CN5CCN(C(C)=O)CC5)c(OC)n4)c3Cl)c2Cl)nc2c1CCN(C)C2. The van der Waals surface area contributed by atoms with Crippen LogP contribution in [0.1, 0.15) is 41.4 Å². The van der Waals surface area contributed by atoms with Gasteiger partial charge in [-0.1, -0.05) is 59.6 Å². The maximum Gasteiger partial charge on any atom is 0.291 e. The summed E-state index contributed by atoms with van der Waals surface area (Å²) in [5.74, 6) is 0.715. The van der Waals surface area contributed by atoms with Crippen LogP contribution >= 0.6 is 23.2 Å². The van der Waals surface area contributed by atoms with Crippen LogP contribution in [-0.4, -0.2) is 87.9 Å². The fraction of sp³-hybridized carbons (Fsp3) is 0.371. The monoisotopic (exact) mass is 675 g/mol. The summed E-state index contributed by atoms with van der Waals surface area (Å²) in [6.07, 6.45) is 0.855. The summed E-state index contributed by atoms with van der Waals surface area (Å²) < 4.78 is 7.70. The van der Waals surface area contributed by atoms with E-state index in [1.54, 1.807) is 20.1 Å². The number of halogens is 2. The largest absolute Gasteiger partial charge is 0.481 e. The second kappa shape index (κ2) is 14.0. The Balaban J connectivity index is 1.24. The van der Waals surface area contributed by atoms with Crippen LogP contribution in [0.5, 0.6) is 5.88 Å². The molecule has 1 N–H and O–H groups in total. The van der Waals surface area contributed by atoms with Crippen molar-refractivity contribution in [3.63, 3.8) is 0 Å². The maximum atomic E-state index is 13.5. The quantitative estimate of drug-likeness (QED) is 0.250. The predicted molar refractivity (Wildman–Crippen MR) is 185 cm³/mol. The molecule has 0 aliphatic carbocycles. The minimum absolute atomic E-state index is 0.108. The van der Waals surface area contributed by atoms with Crippen molar-refractivity contribution < 1.29 is 14.3 Å². The van der Waals surface area contributed by atoms with Crippen LogP contribution in [0.2, 0.25) is 10.0 Å². The van der Waals surface area contributed by atoms with Crippen molar-refractivity contribution in [2.75, 3.05) is 52.2 Å². The van der Waals surface area contributed by atoms with Gasteiger partial charge in [0.1, 0.15) is 0 Å². The minimum atomic E-state index is -0.306. The first-order valence-corrected chi connectivity index (χ1v) is 16.6. The van der Waals surface area contributed by atoms with Gasteiger partial charge in [-0.2, -0.15) is 0 Å². The van der Waals surface area contributed by atoms with Gasteiger partial charge in [0, 0.05) is 93.7 Å². The number of carbonyl (C=O) groups excluding carboxylic acids is 2. The normalized spacial score (nSPS) is 15.4. The number of ether oxygens (including phenoxy) is 1. The van der Waals surface area contributed by atoms with E-state index in [9.17, 15) is 9.59 Å². The Hall–Kier alpha value is -3.96. The molecule has 0 saturated carbocycles. The molecule has 0 radical (unpaired) electrons. The highest BCUT2D eigenvalue weighted by Gasteiger charge is 2.26. The molecule has 4 heterocycles. The third-order valence-electron chi connectivity index (χ3n) is 8.98. The van der Waals surface area contributed by atoms with E-state index in [0.717, 1.165) is 55.1 Å². The van der Waals surface area contributed by atoms with Crippen LogP contribution in [-0.2, 0) is 30.8 Å². The van der Waals surface area contributed by atoms with E-state index < -0.39 is 0 Å². The number of benzene rings is 2. The standard InChI is InChI=1S/C35H39Cl2N7O3/c1-5-44-30-14-15-41(3)21-29(30)38-33(44)34(46)39-28-11-7-9-25(32(28)37)24-8-6-10-26(31(24)36)27-13-12-23(35(40-27)47-4)20-42-16-18-43(19-17-42)22(2)45/h6-13H,5,14-21H2,1-4H3,(H,39,46). The fourth-order valence-corrected chi connectivity index (χ4v) is 7.02. The third kappa shape index (κ3) is 6.73. The Morgan fingerprint density at radius 1 is 0.915 bits per heavy atom. The summed E-state index contributed by atoms with van der Waals surface area (Å²) in [4.78, 5) is 41.1. The first-order valence-electron chi connectivity index (χ1n) is 15.9. The smallest absolute Gasteiger partial charge is 0.291 e. The van der Waals surface area contributed by atoms with Crippen molar-refractivity contribution in [2.24, 2.45) is 0 Å². The molecule has 12 heteroatoms. The first kappa shape index (κ1) is 33.0. The van der Waals surface area contributed by atoms with Crippen molar-refractivity contribution in [1.82, 2.24) is 29.2 Å². The highest BCUT2D eigenvalue weighted by molar-refractivity contribution is 6.39. The van der Waals surface area contributed by atoms with Gasteiger partial charge in [0.2, 0.25) is 11.8 Å². The molecule has 246 valence electrons. The molecule has 1 saturated heterocycles. The van der Waals surface area contributed by atoms with Crippen molar-refractivity contribution in [2.45, 2.75) is 39.9 Å². The lowest BCUT2D eigenvalue weighted by Gasteiger charge is -2.34. The molecule has 47 heavy (non-hydrogen) atoms. The van der Waals surface area contributed by atoms with Gasteiger partial charge in [0.15, 0.2) is 5.82 Å². The number of piperazine rings is 1. The van der Waals surface area contributed by atoms with Gasteiger partial charge in [0.25, 0.3) is 5.91 Å². The second-order valence-corrected chi connectivity index (χ2v) is 12.8. The zero-order chi connectivity index (χ0) is 33.2. The summed E-state index contributed by atoms with van der Waals surface area (Å²) in [6.45, 7) is 9.61. The molecule has 2 aliphatic heterocycles. The van der Waals surface area contributed by atoms with Crippen LogP contribution in [0, 0.1) is 0 Å². The number of hydrogen-bond acceptors (Lipinski definition) is 7. The van der Waals surface area contributed by atoms with E-state index in [0.29, 0.717) is 70.4 Å². The average molecular weight is 677 g/mol. The van der Waals surface area contributed by atoms with Crippen molar-refractivity contribution in [1.29, 1.82) is 0 Å². The van der Waals surface area contributed by atoms with Crippen LogP contribution in [0.25, 0.3) is 22.4 Å². The average Bonchev–Trinajstić information content (AvgIpc) is 3.44. The number of pyridine rings is 1. The first-order chi connectivity index (χ1) is 22.7. The lowest BCUT2D eigenvalue weighted by molar-refractivity contribution is -0.130. The van der Waals surface area contributed by atoms with Crippen molar-refractivity contribution in [3.8, 4) is 28.3 Å². The molecule has 2 aromatic carbocycles. The minimum Gasteiger partial charge on any atom is -0.481 e. The second-order valence-electron chi connectivity index (χ2n) is 12.0. The lowest BCUT2D eigenvalue weighted by atomic mass is 10.00. The number of imidazole rings is 1. The Labute approximate surface area is 285 Å². The van der Waals surface area contributed by atoms with Gasteiger partial charge in [-0.05, 0) is 26.1 Å². The number of anilines is 1. The summed E-state index contributed by atoms with van der Waals surface area (Å²) >= 11 is 14.0. The van der Waals surface area contributed by atoms with Crippen LogP contribution in [0.15, 0.2) is 48.5 Å². The number of methoxy groups -OCH3 is 1. The third-order valence-corrected chi connectivity index (χ3v) is 9.79. The Bertz CT molecular complexity index is 1820. The summed E-state index contributed by atoms with van der Waals surface area (Å²) in [7, 11) is 3.67. The van der Waals surface area contributed by atoms with E-state index in [-0.39, 0.29) is 11.8 Å². The van der Waals surface area contributed by atoms with E-state index in [2.05, 4.69) is 22.2 Å². The Kier molecular flexibility index (Phi) is 9.84. The number of hydrogen-bond donors (Lipinski definition) is 1. The number of aromatic nitrogens is 3. The molecule has 1 fully saturated rings. The van der Waals surface area contributed by atoms with Gasteiger partial charge in [-0.25, -0.2) is 9.97 Å². The fourth-order valence-electron chi connectivity index (χ4n) is 6.42. The van der Waals surface area contributed by atoms with Crippen molar-refractivity contribution in [3.05, 3.63) is 81.4 Å². The van der Waals surface area contributed by atoms with Crippen LogP contribution < -0.4 is 10.1 Å². The van der Waals surface area contributed by atoms with Crippen LogP contribution in [0.3, 0.4) is 0 Å². The molecular formula is C35H39Cl2N7O3. The predicted octanol–water partition coefficient (Wildman–Crippen LogP) is 5.85. The molecule has 0 unspecified atom stereocenters. The number of likely N-dealkylation sites (N-methyl/N-ethyl adjacent to an activating group) is 1. The molecular weight excluding hydrogens is 637 g/mol. The molecule has 0 bridgehead atoms. The van der Waals surface area contributed by atoms with Gasteiger partial charge >= 0.3 is 0 Å². The van der Waals surface area contributed by atoms with E-state index in [1.807, 2.05) is 58.9 Å². The highest BCUT2D eigenvalue weighted by Crippen LogP contribution is 2.41. The molecule has 0 atom stereocenters. The number of fused-ring (bicyclic) bond motifs is 1. The summed E-state index contributed by atoms with van der Waals surface area (Å²) in [5, 5.41) is 3.86. The van der Waals surface area contributed by atoms with Crippen LogP contribution in [0.4, 0.5) is 5.69 Å². The summed E-state index contributed by atoms with van der Waals surface area (Å²) in [5.41, 5.74) is 6.30. The van der Waals surface area contributed by atoms with E-state index in [4.69, 9.17) is 37.9 Å².